The van der Waals surface area contributed by atoms with Gasteiger partial charge in [-0.2, -0.15) is 0 Å². The number of carbonyl (C=O) groups is 2. The minimum absolute atomic E-state index is 0.0787. The number of imidazole rings is 1. The second kappa shape index (κ2) is 8.93. The normalized spacial score (nSPS) is 16.0. The highest BCUT2D eigenvalue weighted by atomic mass is 32.1. The van der Waals surface area contributed by atoms with Crippen LogP contribution in [0.4, 0.5) is 13.9 Å². The van der Waals surface area contributed by atoms with Gasteiger partial charge < -0.3 is 14.8 Å². The number of aryl methyl sites for hydroxylation is 1. The summed E-state index contributed by atoms with van der Waals surface area (Å²) in [6.07, 6.45) is 2.57. The molecule has 1 fully saturated rings. The Labute approximate surface area is 188 Å². The summed E-state index contributed by atoms with van der Waals surface area (Å²) in [6.45, 7) is 6.59. The third-order valence-corrected chi connectivity index (χ3v) is 6.70. The number of amides is 2. The van der Waals surface area contributed by atoms with Crippen molar-refractivity contribution in [2.45, 2.75) is 39.7 Å². The molecule has 1 N–H and O–H groups in total. The Hall–Kier alpha value is -2.88. The Bertz CT molecular complexity index is 1150. The molecule has 1 aliphatic heterocycles. The summed E-state index contributed by atoms with van der Waals surface area (Å²) in [5, 5.41) is 5.32. The molecule has 3 heterocycles. The predicted molar refractivity (Wildman–Crippen MR) is 118 cm³/mol. The van der Waals surface area contributed by atoms with Crippen molar-refractivity contribution in [3.8, 4) is 0 Å². The van der Waals surface area contributed by atoms with Gasteiger partial charge in [0.2, 0.25) is 11.8 Å². The number of carbonyl (C=O) groups excluding carboxylic acids is 2. The number of hydrogen-bond donors (Lipinski definition) is 1. The monoisotopic (exact) mass is 461 g/mol. The maximum Gasteiger partial charge on any atom is 0.245 e. The van der Waals surface area contributed by atoms with Crippen molar-refractivity contribution in [3.63, 3.8) is 0 Å². The van der Waals surface area contributed by atoms with Gasteiger partial charge >= 0.3 is 0 Å². The number of benzene rings is 1. The fourth-order valence-corrected chi connectivity index (χ4v) is 4.83. The molecule has 1 aliphatic rings. The molecule has 3 aromatic rings. The van der Waals surface area contributed by atoms with Crippen LogP contribution in [-0.4, -0.2) is 44.3 Å². The molecule has 4 rings (SSSR count). The van der Waals surface area contributed by atoms with Gasteiger partial charge in [0.25, 0.3) is 0 Å². The molecule has 2 aromatic heterocycles. The average molecular weight is 462 g/mol. The summed E-state index contributed by atoms with van der Waals surface area (Å²) in [5.74, 6) is -2.42. The lowest BCUT2D eigenvalue weighted by Crippen LogP contribution is -2.45. The molecule has 1 saturated heterocycles. The summed E-state index contributed by atoms with van der Waals surface area (Å²) in [7, 11) is 0. The van der Waals surface area contributed by atoms with E-state index >= 15 is 0 Å². The van der Waals surface area contributed by atoms with Gasteiger partial charge in [-0.05, 0) is 25.7 Å². The van der Waals surface area contributed by atoms with Crippen LogP contribution in [0, 0.1) is 30.4 Å². The third-order valence-electron chi connectivity index (χ3n) is 5.83. The number of aromatic nitrogens is 3. The van der Waals surface area contributed by atoms with Crippen molar-refractivity contribution in [2.24, 2.45) is 11.8 Å². The molecular weight excluding hydrogens is 436 g/mol. The number of likely N-dealkylation sites (tertiary alicyclic amines) is 1. The number of hydrogen-bond acceptors (Lipinski definition) is 5. The van der Waals surface area contributed by atoms with Crippen molar-refractivity contribution >= 4 is 39.3 Å². The first kappa shape index (κ1) is 22.3. The number of halogens is 2. The van der Waals surface area contributed by atoms with E-state index < -0.39 is 17.7 Å². The fraction of sp³-hybridized carbons (Fsp3) is 0.455. The SMILES string of the molecule is Cc1csc(NC(=O)C2CCN(C(=O)C(C(C)C)n3cnc4cc(F)c(F)cc43)CC2)n1. The van der Waals surface area contributed by atoms with Crippen LogP contribution in [0.5, 0.6) is 0 Å². The number of piperidine rings is 1. The van der Waals surface area contributed by atoms with Gasteiger partial charge in [0.15, 0.2) is 16.8 Å². The van der Waals surface area contributed by atoms with E-state index in [9.17, 15) is 18.4 Å². The average Bonchev–Trinajstić information content (AvgIpc) is 3.34. The Morgan fingerprint density at radius 1 is 1.19 bits per heavy atom. The van der Waals surface area contributed by atoms with Gasteiger partial charge in [0, 0.05) is 36.5 Å². The van der Waals surface area contributed by atoms with Gasteiger partial charge in [-0.15, -0.1) is 11.3 Å². The van der Waals surface area contributed by atoms with Gasteiger partial charge in [0.05, 0.1) is 23.1 Å². The Morgan fingerprint density at radius 2 is 1.88 bits per heavy atom. The van der Waals surface area contributed by atoms with Crippen molar-refractivity contribution in [3.05, 3.63) is 41.2 Å². The molecule has 0 saturated carbocycles. The number of rotatable bonds is 5. The topological polar surface area (TPSA) is 80.1 Å². The lowest BCUT2D eigenvalue weighted by molar-refractivity contribution is -0.138. The van der Waals surface area contributed by atoms with E-state index in [1.807, 2.05) is 26.2 Å². The molecule has 32 heavy (non-hydrogen) atoms. The van der Waals surface area contributed by atoms with Gasteiger partial charge in [-0.25, -0.2) is 18.7 Å². The summed E-state index contributed by atoms with van der Waals surface area (Å²) in [5.41, 5.74) is 1.54. The molecule has 0 bridgehead atoms. The zero-order valence-electron chi connectivity index (χ0n) is 18.1. The smallest absolute Gasteiger partial charge is 0.245 e. The van der Waals surface area contributed by atoms with E-state index in [0.717, 1.165) is 17.8 Å². The van der Waals surface area contributed by atoms with Crippen LogP contribution in [0.2, 0.25) is 0 Å². The molecule has 10 heteroatoms. The first-order valence-corrected chi connectivity index (χ1v) is 11.5. The van der Waals surface area contributed by atoms with Crippen LogP contribution in [0.1, 0.15) is 38.4 Å². The highest BCUT2D eigenvalue weighted by Gasteiger charge is 2.34. The third kappa shape index (κ3) is 4.36. The molecule has 7 nitrogen and oxygen atoms in total. The van der Waals surface area contributed by atoms with Crippen LogP contribution in [0.25, 0.3) is 11.0 Å². The van der Waals surface area contributed by atoms with Crippen molar-refractivity contribution in [2.75, 3.05) is 18.4 Å². The molecule has 1 atom stereocenters. The van der Waals surface area contributed by atoms with E-state index in [1.165, 1.54) is 17.7 Å². The van der Waals surface area contributed by atoms with Crippen LogP contribution in [0.3, 0.4) is 0 Å². The summed E-state index contributed by atoms with van der Waals surface area (Å²) in [4.78, 5) is 36.1. The van der Waals surface area contributed by atoms with E-state index in [4.69, 9.17) is 0 Å². The molecular formula is C22H25F2N5O2S. The number of nitrogens with zero attached hydrogens (tertiary/aromatic N) is 4. The molecule has 0 radical (unpaired) electrons. The van der Waals surface area contributed by atoms with Crippen molar-refractivity contribution < 1.29 is 18.4 Å². The molecule has 1 aromatic carbocycles. The van der Waals surface area contributed by atoms with E-state index in [1.54, 1.807) is 9.47 Å². The summed E-state index contributed by atoms with van der Waals surface area (Å²) < 4.78 is 29.0. The number of thiazole rings is 1. The molecule has 170 valence electrons. The largest absolute Gasteiger partial charge is 0.341 e. The van der Waals surface area contributed by atoms with Crippen LogP contribution < -0.4 is 5.32 Å². The quantitative estimate of drug-likeness (QED) is 0.619. The van der Waals surface area contributed by atoms with E-state index in [2.05, 4.69) is 15.3 Å². The highest BCUT2D eigenvalue weighted by molar-refractivity contribution is 7.13. The van der Waals surface area contributed by atoms with Crippen molar-refractivity contribution in [1.82, 2.24) is 19.4 Å². The molecule has 0 spiro atoms. The Kier molecular flexibility index (Phi) is 6.23. The Balaban J connectivity index is 1.46. The van der Waals surface area contributed by atoms with Crippen LogP contribution >= 0.6 is 11.3 Å². The van der Waals surface area contributed by atoms with Gasteiger partial charge in [0.1, 0.15) is 6.04 Å². The van der Waals surface area contributed by atoms with Gasteiger partial charge in [-0.1, -0.05) is 13.8 Å². The molecule has 1 unspecified atom stereocenters. The summed E-state index contributed by atoms with van der Waals surface area (Å²) >= 11 is 1.39. The minimum atomic E-state index is -0.976. The second-order valence-electron chi connectivity index (χ2n) is 8.48. The van der Waals surface area contributed by atoms with E-state index in [-0.39, 0.29) is 23.7 Å². The maximum atomic E-state index is 13.8. The summed E-state index contributed by atoms with van der Waals surface area (Å²) in [6, 6.07) is 1.52. The number of fused-ring (bicyclic) bond motifs is 1. The zero-order chi connectivity index (χ0) is 23.0. The van der Waals surface area contributed by atoms with Crippen LogP contribution in [0.15, 0.2) is 23.8 Å². The standard InChI is InChI=1S/C22H25F2N5O2S/c1-12(2)19(29-11-25-17-8-15(23)16(24)9-18(17)29)21(31)28-6-4-14(5-7-28)20(30)27-22-26-13(3)10-32-22/h8-12,14,19H,4-7H2,1-3H3,(H,26,27,30). The number of nitrogens with one attached hydrogen (secondary N) is 1. The number of anilines is 1. The second-order valence-corrected chi connectivity index (χ2v) is 9.34. The predicted octanol–water partition coefficient (Wildman–Crippen LogP) is 4.15. The maximum absolute atomic E-state index is 13.8. The highest BCUT2D eigenvalue weighted by Crippen LogP contribution is 2.29. The minimum Gasteiger partial charge on any atom is -0.341 e. The van der Waals surface area contributed by atoms with Crippen LogP contribution in [-0.2, 0) is 9.59 Å². The zero-order valence-corrected chi connectivity index (χ0v) is 19.0. The van der Waals surface area contributed by atoms with Gasteiger partial charge in [-0.3, -0.25) is 9.59 Å². The first-order chi connectivity index (χ1) is 15.2. The van der Waals surface area contributed by atoms with E-state index in [0.29, 0.717) is 42.1 Å². The molecule has 0 aliphatic carbocycles. The van der Waals surface area contributed by atoms with Crippen molar-refractivity contribution in [1.29, 1.82) is 0 Å². The lowest BCUT2D eigenvalue weighted by Gasteiger charge is -2.35. The molecule has 2 amide bonds. The Morgan fingerprint density at radius 3 is 2.50 bits per heavy atom. The fourth-order valence-electron chi connectivity index (χ4n) is 4.14. The lowest BCUT2D eigenvalue weighted by atomic mass is 9.94. The first-order valence-electron chi connectivity index (χ1n) is 10.6.